The van der Waals surface area contributed by atoms with Crippen LogP contribution < -0.4 is 11.1 Å². The predicted molar refractivity (Wildman–Crippen MR) is 82.0 cm³/mol. The molecule has 2 atom stereocenters. The maximum atomic E-state index is 12.6. The Hall–Kier alpha value is -1.09. The first-order valence-electron chi connectivity index (χ1n) is 6.44. The van der Waals surface area contributed by atoms with E-state index in [1.54, 1.807) is 7.05 Å². The van der Waals surface area contributed by atoms with Crippen molar-refractivity contribution in [2.24, 2.45) is 12.8 Å². The Labute approximate surface area is 130 Å². The molecule has 0 aromatic carbocycles. The lowest BCUT2D eigenvalue weighted by Gasteiger charge is -2.35. The lowest BCUT2D eigenvalue weighted by molar-refractivity contribution is 0.0992. The number of nitrogens with two attached hydrogens (primary N) is 1. The standard InChI is InChI=1S/C12H20N4O3S.ClH/c1-8-5-16(6-9(2)14-8)20(18,19)10-4-11(12(13)17)15(3)7-10;/h4,7-9,14H,5-6H2,1-3H3,(H2,13,17);1H. The molecule has 0 bridgehead atoms. The minimum atomic E-state index is -3.60. The fourth-order valence-electron chi connectivity index (χ4n) is 2.54. The summed E-state index contributed by atoms with van der Waals surface area (Å²) in [5, 5.41) is 3.28. The normalized spacial score (nSPS) is 23.6. The molecule has 1 aromatic rings. The van der Waals surface area contributed by atoms with Crippen molar-refractivity contribution in [1.29, 1.82) is 0 Å². The van der Waals surface area contributed by atoms with Gasteiger partial charge in [0, 0.05) is 38.4 Å². The number of aryl methyl sites for hydroxylation is 1. The first-order chi connectivity index (χ1) is 9.21. The summed E-state index contributed by atoms with van der Waals surface area (Å²) < 4.78 is 28.1. The van der Waals surface area contributed by atoms with Crippen molar-refractivity contribution in [2.45, 2.75) is 30.8 Å². The topological polar surface area (TPSA) is 97.4 Å². The van der Waals surface area contributed by atoms with Gasteiger partial charge in [0.25, 0.3) is 5.91 Å². The van der Waals surface area contributed by atoms with Gasteiger partial charge in [0.1, 0.15) is 10.6 Å². The number of hydrogen-bond donors (Lipinski definition) is 2. The Kier molecular flexibility index (Phi) is 5.43. The molecule has 7 nitrogen and oxygen atoms in total. The molecule has 2 heterocycles. The van der Waals surface area contributed by atoms with Crippen LogP contribution in [0, 0.1) is 0 Å². The molecule has 0 spiro atoms. The highest BCUT2D eigenvalue weighted by molar-refractivity contribution is 7.89. The highest BCUT2D eigenvalue weighted by atomic mass is 35.5. The summed E-state index contributed by atoms with van der Waals surface area (Å²) in [6.07, 6.45) is 1.42. The van der Waals surface area contributed by atoms with Crippen LogP contribution in [0.15, 0.2) is 17.2 Å². The number of nitrogens with one attached hydrogen (secondary N) is 1. The number of aromatic nitrogens is 1. The second-order valence-corrected chi connectivity index (χ2v) is 7.26. The van der Waals surface area contributed by atoms with Gasteiger partial charge >= 0.3 is 0 Å². The summed E-state index contributed by atoms with van der Waals surface area (Å²) in [5.41, 5.74) is 5.40. The van der Waals surface area contributed by atoms with Gasteiger partial charge in [-0.3, -0.25) is 4.79 Å². The van der Waals surface area contributed by atoms with E-state index >= 15 is 0 Å². The van der Waals surface area contributed by atoms with Gasteiger partial charge in [-0.15, -0.1) is 12.4 Å². The van der Waals surface area contributed by atoms with Crippen molar-refractivity contribution in [1.82, 2.24) is 14.2 Å². The van der Waals surface area contributed by atoms with Gasteiger partial charge in [0.05, 0.1) is 0 Å². The molecule has 9 heteroatoms. The molecule has 1 saturated heterocycles. The average molecular weight is 337 g/mol. The van der Waals surface area contributed by atoms with Crippen molar-refractivity contribution in [3.63, 3.8) is 0 Å². The summed E-state index contributed by atoms with van der Waals surface area (Å²) in [6, 6.07) is 1.51. The number of carbonyl (C=O) groups is 1. The van der Waals surface area contributed by atoms with Crippen LogP contribution in [0.2, 0.25) is 0 Å². The Morgan fingerprint density at radius 2 is 1.86 bits per heavy atom. The van der Waals surface area contributed by atoms with E-state index in [9.17, 15) is 13.2 Å². The molecule has 2 unspecified atom stereocenters. The molecule has 21 heavy (non-hydrogen) atoms. The van der Waals surface area contributed by atoms with Gasteiger partial charge in [-0.2, -0.15) is 4.31 Å². The molecular formula is C12H21ClN4O3S. The highest BCUT2D eigenvalue weighted by Gasteiger charge is 2.32. The summed E-state index contributed by atoms with van der Waals surface area (Å²) in [5.74, 6) is -0.643. The quantitative estimate of drug-likeness (QED) is 0.806. The maximum absolute atomic E-state index is 12.6. The molecule has 120 valence electrons. The number of nitrogens with zero attached hydrogens (tertiary/aromatic N) is 2. The van der Waals surface area contributed by atoms with Crippen molar-refractivity contribution >= 4 is 28.3 Å². The van der Waals surface area contributed by atoms with Gasteiger partial charge in [0.15, 0.2) is 0 Å². The third-order valence-electron chi connectivity index (χ3n) is 3.39. The van der Waals surface area contributed by atoms with E-state index in [1.165, 1.54) is 21.1 Å². The van der Waals surface area contributed by atoms with Crippen molar-refractivity contribution in [3.05, 3.63) is 18.0 Å². The number of amides is 1. The zero-order chi connectivity index (χ0) is 15.1. The van der Waals surface area contributed by atoms with Gasteiger partial charge in [-0.25, -0.2) is 8.42 Å². The molecule has 1 aliphatic heterocycles. The van der Waals surface area contributed by atoms with Crippen LogP contribution in [0.5, 0.6) is 0 Å². The lowest BCUT2D eigenvalue weighted by atomic mass is 10.2. The monoisotopic (exact) mass is 336 g/mol. The summed E-state index contributed by atoms with van der Waals surface area (Å²) >= 11 is 0. The minimum Gasteiger partial charge on any atom is -0.364 e. The van der Waals surface area contributed by atoms with Crippen LogP contribution >= 0.6 is 12.4 Å². The van der Waals surface area contributed by atoms with Crippen molar-refractivity contribution < 1.29 is 13.2 Å². The second-order valence-electron chi connectivity index (χ2n) is 5.33. The zero-order valence-corrected chi connectivity index (χ0v) is 13.9. The molecule has 1 aromatic heterocycles. The third-order valence-corrected chi connectivity index (χ3v) is 5.19. The minimum absolute atomic E-state index is 0. The van der Waals surface area contributed by atoms with Crippen LogP contribution in [0.4, 0.5) is 0 Å². The Bertz CT molecular complexity index is 618. The number of primary amides is 1. The van der Waals surface area contributed by atoms with E-state index in [0.717, 1.165) is 0 Å². The Morgan fingerprint density at radius 3 is 2.29 bits per heavy atom. The number of carbonyl (C=O) groups excluding carboxylic acids is 1. The molecule has 0 radical (unpaired) electrons. The fraction of sp³-hybridized carbons (Fsp3) is 0.583. The first-order valence-corrected chi connectivity index (χ1v) is 7.88. The van der Waals surface area contributed by atoms with Gasteiger partial charge in [0.2, 0.25) is 10.0 Å². The highest BCUT2D eigenvalue weighted by Crippen LogP contribution is 2.20. The number of hydrogen-bond acceptors (Lipinski definition) is 4. The van der Waals surface area contributed by atoms with E-state index in [2.05, 4.69) is 5.32 Å². The smallest absolute Gasteiger partial charge is 0.265 e. The second kappa shape index (κ2) is 6.35. The van der Waals surface area contributed by atoms with Crippen LogP contribution in [-0.4, -0.2) is 48.4 Å². The maximum Gasteiger partial charge on any atom is 0.265 e. The molecule has 3 N–H and O–H groups in total. The van der Waals surface area contributed by atoms with Crippen LogP contribution in [-0.2, 0) is 17.1 Å². The first kappa shape index (κ1) is 18.0. The average Bonchev–Trinajstić information content (AvgIpc) is 2.70. The van der Waals surface area contributed by atoms with Gasteiger partial charge in [-0.1, -0.05) is 0 Å². The molecule has 0 saturated carbocycles. The number of sulfonamides is 1. The third kappa shape index (κ3) is 3.57. The van der Waals surface area contributed by atoms with Crippen molar-refractivity contribution in [3.8, 4) is 0 Å². The Morgan fingerprint density at radius 1 is 1.33 bits per heavy atom. The van der Waals surface area contributed by atoms with Crippen molar-refractivity contribution in [2.75, 3.05) is 13.1 Å². The number of piperazine rings is 1. The molecule has 1 amide bonds. The molecule has 2 rings (SSSR count). The van der Waals surface area contributed by atoms with Crippen LogP contribution in [0.1, 0.15) is 24.3 Å². The molecule has 1 aliphatic rings. The van der Waals surface area contributed by atoms with E-state index in [1.807, 2.05) is 13.8 Å². The van der Waals surface area contributed by atoms with E-state index < -0.39 is 15.9 Å². The summed E-state index contributed by atoms with van der Waals surface area (Å²) in [4.78, 5) is 11.3. The SMILES string of the molecule is CC1CN(S(=O)(=O)c2cc(C(N)=O)n(C)c2)CC(C)N1.Cl. The number of rotatable bonds is 3. The molecule has 1 fully saturated rings. The summed E-state index contributed by atoms with van der Waals surface area (Å²) in [6.45, 7) is 4.71. The van der Waals surface area contributed by atoms with Gasteiger partial charge in [-0.05, 0) is 19.9 Å². The fourth-order valence-corrected chi connectivity index (χ4v) is 4.23. The number of halogens is 1. The van der Waals surface area contributed by atoms with Crippen LogP contribution in [0.25, 0.3) is 0 Å². The summed E-state index contributed by atoms with van der Waals surface area (Å²) in [7, 11) is -2.00. The molecule has 0 aliphatic carbocycles. The predicted octanol–water partition coefficient (Wildman–Crippen LogP) is -0.0833. The van der Waals surface area contributed by atoms with Gasteiger partial charge < -0.3 is 15.6 Å². The lowest BCUT2D eigenvalue weighted by Crippen LogP contribution is -2.55. The van der Waals surface area contributed by atoms with E-state index in [0.29, 0.717) is 13.1 Å². The van der Waals surface area contributed by atoms with E-state index in [-0.39, 0.29) is 35.1 Å². The van der Waals surface area contributed by atoms with E-state index in [4.69, 9.17) is 5.73 Å². The zero-order valence-electron chi connectivity index (χ0n) is 12.2. The largest absolute Gasteiger partial charge is 0.364 e. The van der Waals surface area contributed by atoms with Crippen LogP contribution in [0.3, 0.4) is 0 Å². The Balaban J connectivity index is 0.00000220. The molecular weight excluding hydrogens is 316 g/mol.